The number of hydrogen-bond donors (Lipinski definition) is 2. The third-order valence-electron chi connectivity index (χ3n) is 4.09. The summed E-state index contributed by atoms with van der Waals surface area (Å²) < 4.78 is 27.9. The molecule has 2 N–H and O–H groups in total. The first-order chi connectivity index (χ1) is 13.5. The predicted molar refractivity (Wildman–Crippen MR) is 111 cm³/mol. The van der Waals surface area contributed by atoms with Crippen LogP contribution < -0.4 is 4.72 Å². The molecule has 0 aliphatic carbocycles. The molecule has 6 nitrogen and oxygen atoms in total. The summed E-state index contributed by atoms with van der Waals surface area (Å²) in [5.74, 6) is 0. The topological polar surface area (TPSA) is 86.7 Å². The Morgan fingerprint density at radius 2 is 1.61 bits per heavy atom. The SMILES string of the molecule is O=S(=O)(Nc1cccc2c(N=Nc3ccccc3)c[nH]c12)c1ccc(Cl)cc1. The molecule has 0 saturated carbocycles. The maximum atomic E-state index is 12.7. The number of rotatable bonds is 5. The second-order valence-corrected chi connectivity index (χ2v) is 8.12. The summed E-state index contributed by atoms with van der Waals surface area (Å²) >= 11 is 5.84. The van der Waals surface area contributed by atoms with Crippen molar-refractivity contribution in [3.05, 3.63) is 84.0 Å². The van der Waals surface area contributed by atoms with Crippen molar-refractivity contribution < 1.29 is 8.42 Å². The van der Waals surface area contributed by atoms with Crippen LogP contribution in [-0.2, 0) is 10.0 Å². The van der Waals surface area contributed by atoms with E-state index >= 15 is 0 Å². The molecule has 0 unspecified atom stereocenters. The van der Waals surface area contributed by atoms with Crippen molar-refractivity contribution in [3.63, 3.8) is 0 Å². The van der Waals surface area contributed by atoms with Crippen molar-refractivity contribution in [2.24, 2.45) is 10.2 Å². The molecule has 0 atom stereocenters. The van der Waals surface area contributed by atoms with Crippen LogP contribution in [0.4, 0.5) is 17.1 Å². The molecule has 4 rings (SSSR count). The zero-order chi connectivity index (χ0) is 19.6. The molecule has 0 aliphatic heterocycles. The summed E-state index contributed by atoms with van der Waals surface area (Å²) in [6.45, 7) is 0. The van der Waals surface area contributed by atoms with Crippen LogP contribution in [0.1, 0.15) is 0 Å². The molecule has 1 aromatic heterocycles. The lowest BCUT2D eigenvalue weighted by molar-refractivity contribution is 0.601. The highest BCUT2D eigenvalue weighted by molar-refractivity contribution is 7.92. The van der Waals surface area contributed by atoms with E-state index in [0.29, 0.717) is 21.9 Å². The third kappa shape index (κ3) is 3.76. The number of benzene rings is 3. The van der Waals surface area contributed by atoms with Crippen molar-refractivity contribution in [1.82, 2.24) is 4.98 Å². The van der Waals surface area contributed by atoms with E-state index in [1.54, 1.807) is 18.3 Å². The van der Waals surface area contributed by atoms with Crippen molar-refractivity contribution in [2.45, 2.75) is 4.90 Å². The van der Waals surface area contributed by atoms with Crippen molar-refractivity contribution >= 4 is 49.6 Å². The molecule has 28 heavy (non-hydrogen) atoms. The maximum absolute atomic E-state index is 12.7. The standard InChI is InChI=1S/C20H15ClN4O2S/c21-14-9-11-16(12-10-14)28(26,27)25-18-8-4-7-17-19(13-22-20(17)18)24-23-15-5-2-1-3-6-15/h1-13,22,25H. The number of halogens is 1. The molecule has 3 aromatic carbocycles. The minimum atomic E-state index is -3.75. The van der Waals surface area contributed by atoms with Gasteiger partial charge < -0.3 is 4.98 Å². The van der Waals surface area contributed by atoms with Gasteiger partial charge in [0.05, 0.1) is 21.8 Å². The Kier molecular flexibility index (Phi) is 4.85. The van der Waals surface area contributed by atoms with Crippen LogP contribution in [0.3, 0.4) is 0 Å². The highest BCUT2D eigenvalue weighted by atomic mass is 35.5. The summed E-state index contributed by atoms with van der Waals surface area (Å²) in [5.41, 5.74) is 2.40. The molecular weight excluding hydrogens is 396 g/mol. The van der Waals surface area contributed by atoms with Crippen molar-refractivity contribution in [3.8, 4) is 0 Å². The second kappa shape index (κ2) is 7.46. The van der Waals surface area contributed by atoms with E-state index in [9.17, 15) is 8.42 Å². The van der Waals surface area contributed by atoms with Crippen LogP contribution in [0.5, 0.6) is 0 Å². The number of azo groups is 1. The molecular formula is C20H15ClN4O2S. The summed E-state index contributed by atoms with van der Waals surface area (Å²) in [4.78, 5) is 3.20. The van der Waals surface area contributed by atoms with Gasteiger partial charge in [0.2, 0.25) is 0 Å². The lowest BCUT2D eigenvalue weighted by Gasteiger charge is -2.09. The second-order valence-electron chi connectivity index (χ2n) is 6.00. The van der Waals surface area contributed by atoms with Gasteiger partial charge in [-0.05, 0) is 42.5 Å². The number of anilines is 1. The molecule has 4 aromatic rings. The smallest absolute Gasteiger partial charge is 0.261 e. The quantitative estimate of drug-likeness (QED) is 0.393. The normalized spacial score (nSPS) is 11.9. The van der Waals surface area contributed by atoms with E-state index in [1.807, 2.05) is 36.4 Å². The first-order valence-corrected chi connectivity index (χ1v) is 10.2. The van der Waals surface area contributed by atoms with E-state index < -0.39 is 10.0 Å². The summed E-state index contributed by atoms with van der Waals surface area (Å²) in [6.07, 6.45) is 1.69. The molecule has 0 radical (unpaired) electrons. The zero-order valence-corrected chi connectivity index (χ0v) is 16.1. The van der Waals surface area contributed by atoms with E-state index in [2.05, 4.69) is 19.9 Å². The van der Waals surface area contributed by atoms with Crippen molar-refractivity contribution in [1.29, 1.82) is 0 Å². The number of nitrogens with one attached hydrogen (secondary N) is 2. The minimum Gasteiger partial charge on any atom is -0.357 e. The van der Waals surface area contributed by atoms with Gasteiger partial charge in [-0.1, -0.05) is 41.9 Å². The number of aromatic amines is 1. The molecule has 140 valence electrons. The lowest BCUT2D eigenvalue weighted by Crippen LogP contribution is -2.13. The molecule has 0 saturated heterocycles. The maximum Gasteiger partial charge on any atom is 0.261 e. The first kappa shape index (κ1) is 18.2. The Morgan fingerprint density at radius 1 is 0.857 bits per heavy atom. The van der Waals surface area contributed by atoms with Crippen LogP contribution in [0.2, 0.25) is 5.02 Å². The van der Waals surface area contributed by atoms with Gasteiger partial charge in [0, 0.05) is 16.6 Å². The Balaban J connectivity index is 1.67. The number of nitrogens with zero attached hydrogens (tertiary/aromatic N) is 2. The van der Waals surface area contributed by atoms with Gasteiger partial charge in [0.15, 0.2) is 0 Å². The fourth-order valence-electron chi connectivity index (χ4n) is 2.73. The van der Waals surface area contributed by atoms with E-state index in [0.717, 1.165) is 11.1 Å². The van der Waals surface area contributed by atoms with E-state index in [-0.39, 0.29) is 4.90 Å². The van der Waals surface area contributed by atoms with Crippen LogP contribution >= 0.6 is 11.6 Å². The van der Waals surface area contributed by atoms with Gasteiger partial charge in [-0.15, -0.1) is 5.11 Å². The lowest BCUT2D eigenvalue weighted by atomic mass is 10.2. The van der Waals surface area contributed by atoms with E-state index in [4.69, 9.17) is 11.6 Å². The highest BCUT2D eigenvalue weighted by Crippen LogP contribution is 2.32. The van der Waals surface area contributed by atoms with Crippen LogP contribution in [0.25, 0.3) is 10.9 Å². The molecule has 0 bridgehead atoms. The monoisotopic (exact) mass is 410 g/mol. The van der Waals surface area contributed by atoms with Gasteiger partial charge in [0.25, 0.3) is 10.0 Å². The number of H-pyrrole nitrogens is 1. The van der Waals surface area contributed by atoms with Gasteiger partial charge in [0.1, 0.15) is 5.69 Å². The molecule has 1 heterocycles. The zero-order valence-electron chi connectivity index (χ0n) is 14.5. The molecule has 0 spiro atoms. The Morgan fingerprint density at radius 3 is 2.36 bits per heavy atom. The average Bonchev–Trinajstić information content (AvgIpc) is 3.11. The minimum absolute atomic E-state index is 0.129. The highest BCUT2D eigenvalue weighted by Gasteiger charge is 2.16. The molecule has 8 heteroatoms. The van der Waals surface area contributed by atoms with Crippen LogP contribution in [-0.4, -0.2) is 13.4 Å². The summed E-state index contributed by atoms with van der Waals surface area (Å²) in [6, 6.07) is 20.7. The Labute approximate surface area is 166 Å². The van der Waals surface area contributed by atoms with Gasteiger partial charge in [-0.2, -0.15) is 5.11 Å². The van der Waals surface area contributed by atoms with Gasteiger partial charge >= 0.3 is 0 Å². The number of hydrogen-bond acceptors (Lipinski definition) is 4. The van der Waals surface area contributed by atoms with Gasteiger partial charge in [-0.3, -0.25) is 4.72 Å². The first-order valence-electron chi connectivity index (χ1n) is 8.38. The number of para-hydroxylation sites is 1. The molecule has 0 aliphatic rings. The van der Waals surface area contributed by atoms with Crippen molar-refractivity contribution in [2.75, 3.05) is 4.72 Å². The summed E-state index contributed by atoms with van der Waals surface area (Å²) in [5, 5.41) is 9.72. The Hall–Kier alpha value is -3.16. The van der Waals surface area contributed by atoms with E-state index in [1.165, 1.54) is 24.3 Å². The van der Waals surface area contributed by atoms with Crippen LogP contribution in [0.15, 0.2) is 94.1 Å². The van der Waals surface area contributed by atoms with Gasteiger partial charge in [-0.25, -0.2) is 8.42 Å². The fourth-order valence-corrected chi connectivity index (χ4v) is 3.93. The summed E-state index contributed by atoms with van der Waals surface area (Å²) in [7, 11) is -3.75. The number of sulfonamides is 1. The number of fused-ring (bicyclic) bond motifs is 1. The predicted octanol–water partition coefficient (Wildman–Crippen LogP) is 6.04. The van der Waals surface area contributed by atoms with Crippen LogP contribution in [0, 0.1) is 0 Å². The third-order valence-corrected chi connectivity index (χ3v) is 5.72. The largest absolute Gasteiger partial charge is 0.357 e. The molecule has 0 fully saturated rings. The fraction of sp³-hybridized carbons (Fsp3) is 0. The Bertz CT molecular complexity index is 1250. The average molecular weight is 411 g/mol. The number of aromatic nitrogens is 1. The molecule has 0 amide bonds.